The third-order valence-corrected chi connectivity index (χ3v) is 6.02. The first-order chi connectivity index (χ1) is 12.1. The molecule has 2 aliphatic heterocycles. The van der Waals surface area contributed by atoms with Gasteiger partial charge in [-0.05, 0) is 25.0 Å². The van der Waals surface area contributed by atoms with E-state index in [1.807, 2.05) is 29.2 Å². The van der Waals surface area contributed by atoms with E-state index in [1.165, 1.54) is 11.8 Å². The Bertz CT molecular complexity index is 711. The van der Waals surface area contributed by atoms with Gasteiger partial charge in [-0.15, -0.1) is 11.8 Å². The van der Waals surface area contributed by atoms with Crippen molar-refractivity contribution in [1.29, 1.82) is 0 Å². The molecule has 4 rings (SSSR count). The van der Waals surface area contributed by atoms with Crippen LogP contribution < -0.4 is 4.90 Å². The summed E-state index contributed by atoms with van der Waals surface area (Å²) in [5.41, 5.74) is 0.819. The number of amides is 3. The largest absolute Gasteiger partial charge is 0.339 e. The summed E-state index contributed by atoms with van der Waals surface area (Å²) in [5, 5.41) is 0. The van der Waals surface area contributed by atoms with Crippen LogP contribution in [0.3, 0.4) is 0 Å². The maximum absolute atomic E-state index is 12.7. The van der Waals surface area contributed by atoms with Crippen LogP contribution in [0.5, 0.6) is 0 Å². The van der Waals surface area contributed by atoms with Crippen molar-refractivity contribution < 1.29 is 14.4 Å². The molecule has 0 radical (unpaired) electrons. The molecule has 0 unspecified atom stereocenters. The number of thioether (sulfide) groups is 1. The zero-order chi connectivity index (χ0) is 17.4. The van der Waals surface area contributed by atoms with E-state index in [4.69, 9.17) is 0 Å². The summed E-state index contributed by atoms with van der Waals surface area (Å²) < 4.78 is 0. The molecule has 132 valence electrons. The summed E-state index contributed by atoms with van der Waals surface area (Å²) >= 11 is 1.52. The third-order valence-electron chi connectivity index (χ3n) is 4.97. The third kappa shape index (κ3) is 3.38. The molecular formula is C18H21N3O3S. The topological polar surface area (TPSA) is 60.9 Å². The number of anilines is 1. The van der Waals surface area contributed by atoms with Gasteiger partial charge in [-0.25, -0.2) is 0 Å². The van der Waals surface area contributed by atoms with Crippen molar-refractivity contribution >= 4 is 35.2 Å². The molecule has 0 N–H and O–H groups in total. The molecule has 2 fully saturated rings. The average Bonchev–Trinajstić information content (AvgIpc) is 3.49. The number of fused-ring (bicyclic) bond motifs is 1. The van der Waals surface area contributed by atoms with E-state index in [2.05, 4.69) is 0 Å². The van der Waals surface area contributed by atoms with Crippen LogP contribution in [-0.2, 0) is 14.4 Å². The molecule has 0 atom stereocenters. The van der Waals surface area contributed by atoms with Crippen molar-refractivity contribution in [3.8, 4) is 0 Å². The lowest BCUT2D eigenvalue weighted by molar-refractivity contribution is -0.139. The molecule has 7 heteroatoms. The summed E-state index contributed by atoms with van der Waals surface area (Å²) in [6.07, 6.45) is 2.01. The molecule has 1 aliphatic carbocycles. The molecule has 2 heterocycles. The van der Waals surface area contributed by atoms with Crippen LogP contribution in [0.1, 0.15) is 12.8 Å². The Morgan fingerprint density at radius 2 is 1.72 bits per heavy atom. The summed E-state index contributed by atoms with van der Waals surface area (Å²) in [5.74, 6) is 0.758. The molecule has 0 spiro atoms. The fourth-order valence-corrected chi connectivity index (χ4v) is 4.26. The Labute approximate surface area is 151 Å². The van der Waals surface area contributed by atoms with Crippen molar-refractivity contribution in [3.63, 3.8) is 0 Å². The van der Waals surface area contributed by atoms with Crippen LogP contribution in [0.15, 0.2) is 29.2 Å². The summed E-state index contributed by atoms with van der Waals surface area (Å²) in [6, 6.07) is 7.69. The predicted molar refractivity (Wildman–Crippen MR) is 95.4 cm³/mol. The second kappa shape index (κ2) is 6.71. The van der Waals surface area contributed by atoms with E-state index in [-0.39, 0.29) is 30.2 Å². The number of para-hydroxylation sites is 1. The average molecular weight is 359 g/mol. The Morgan fingerprint density at radius 3 is 2.44 bits per heavy atom. The Morgan fingerprint density at radius 1 is 1.04 bits per heavy atom. The van der Waals surface area contributed by atoms with Gasteiger partial charge in [0.1, 0.15) is 6.54 Å². The lowest BCUT2D eigenvalue weighted by Gasteiger charge is -2.36. The van der Waals surface area contributed by atoms with Crippen LogP contribution >= 0.6 is 11.8 Å². The van der Waals surface area contributed by atoms with E-state index in [0.717, 1.165) is 23.4 Å². The Kier molecular flexibility index (Phi) is 4.41. The van der Waals surface area contributed by atoms with Crippen molar-refractivity contribution in [2.75, 3.05) is 43.4 Å². The first kappa shape index (κ1) is 16.4. The van der Waals surface area contributed by atoms with Gasteiger partial charge < -0.3 is 14.7 Å². The fraction of sp³-hybridized carbons (Fsp3) is 0.500. The maximum atomic E-state index is 12.7. The van der Waals surface area contributed by atoms with Gasteiger partial charge in [-0.1, -0.05) is 12.1 Å². The van der Waals surface area contributed by atoms with Crippen molar-refractivity contribution in [3.05, 3.63) is 24.3 Å². The van der Waals surface area contributed by atoms with Gasteiger partial charge in [0.05, 0.1) is 11.4 Å². The fourth-order valence-electron chi connectivity index (χ4n) is 3.33. The Hall–Kier alpha value is -2.02. The smallest absolute Gasteiger partial charge is 0.242 e. The zero-order valence-electron chi connectivity index (χ0n) is 14.0. The number of piperazine rings is 1. The molecule has 25 heavy (non-hydrogen) atoms. The van der Waals surface area contributed by atoms with Gasteiger partial charge in [0.2, 0.25) is 17.7 Å². The zero-order valence-corrected chi connectivity index (χ0v) is 14.8. The highest BCUT2D eigenvalue weighted by atomic mass is 32.2. The lowest BCUT2D eigenvalue weighted by atomic mass is 10.2. The van der Waals surface area contributed by atoms with Crippen molar-refractivity contribution in [1.82, 2.24) is 9.80 Å². The number of carbonyl (C=O) groups excluding carboxylic acids is 3. The molecule has 1 saturated heterocycles. The standard InChI is InChI=1S/C18H21N3O3S/c22-16(19-7-9-20(10-8-19)18(24)13-5-6-13)11-21-14-3-1-2-4-15(14)25-12-17(21)23/h1-4,13H,5-12H2. The minimum Gasteiger partial charge on any atom is -0.339 e. The monoisotopic (exact) mass is 359 g/mol. The second-order valence-corrected chi connectivity index (χ2v) is 7.73. The first-order valence-corrected chi connectivity index (χ1v) is 9.71. The maximum Gasteiger partial charge on any atom is 0.242 e. The first-order valence-electron chi connectivity index (χ1n) is 8.72. The molecule has 1 saturated carbocycles. The molecule has 3 aliphatic rings. The molecule has 1 aromatic carbocycles. The number of carbonyl (C=O) groups is 3. The molecule has 6 nitrogen and oxygen atoms in total. The van der Waals surface area contributed by atoms with E-state index in [0.29, 0.717) is 31.9 Å². The normalized spacial score (nSPS) is 20.5. The summed E-state index contributed by atoms with van der Waals surface area (Å²) in [7, 11) is 0. The van der Waals surface area contributed by atoms with Gasteiger partial charge in [-0.3, -0.25) is 14.4 Å². The SMILES string of the molecule is O=C(CN1C(=O)CSc2ccccc21)N1CCN(C(=O)C2CC2)CC1. The minimum absolute atomic E-state index is 0.0282. The number of nitrogens with zero attached hydrogens (tertiary/aromatic N) is 3. The highest BCUT2D eigenvalue weighted by Crippen LogP contribution is 2.35. The number of rotatable bonds is 3. The predicted octanol–water partition coefficient (Wildman–Crippen LogP) is 1.21. The van der Waals surface area contributed by atoms with Gasteiger partial charge in [0.25, 0.3) is 0 Å². The number of benzene rings is 1. The van der Waals surface area contributed by atoms with Crippen molar-refractivity contribution in [2.45, 2.75) is 17.7 Å². The van der Waals surface area contributed by atoms with Crippen LogP contribution in [-0.4, -0.2) is 66.0 Å². The van der Waals surface area contributed by atoms with Crippen LogP contribution in [0.4, 0.5) is 5.69 Å². The molecule has 0 bridgehead atoms. The van der Waals surface area contributed by atoms with Gasteiger partial charge in [-0.2, -0.15) is 0 Å². The van der Waals surface area contributed by atoms with Gasteiger partial charge in [0.15, 0.2) is 0 Å². The molecular weight excluding hydrogens is 338 g/mol. The second-order valence-electron chi connectivity index (χ2n) is 6.72. The molecule has 3 amide bonds. The van der Waals surface area contributed by atoms with Gasteiger partial charge >= 0.3 is 0 Å². The highest BCUT2D eigenvalue weighted by molar-refractivity contribution is 8.00. The van der Waals surface area contributed by atoms with E-state index >= 15 is 0 Å². The van der Waals surface area contributed by atoms with E-state index < -0.39 is 0 Å². The summed E-state index contributed by atoms with van der Waals surface area (Å²) in [6.45, 7) is 2.38. The van der Waals surface area contributed by atoms with Crippen molar-refractivity contribution in [2.24, 2.45) is 5.92 Å². The Balaban J connectivity index is 1.38. The van der Waals surface area contributed by atoms with Crippen LogP contribution in [0, 0.1) is 5.92 Å². The number of hydrogen-bond donors (Lipinski definition) is 0. The highest BCUT2D eigenvalue weighted by Gasteiger charge is 2.35. The van der Waals surface area contributed by atoms with Crippen LogP contribution in [0.2, 0.25) is 0 Å². The van der Waals surface area contributed by atoms with E-state index in [9.17, 15) is 14.4 Å². The summed E-state index contributed by atoms with van der Waals surface area (Å²) in [4.78, 5) is 43.3. The van der Waals surface area contributed by atoms with Crippen LogP contribution in [0.25, 0.3) is 0 Å². The number of hydrogen-bond acceptors (Lipinski definition) is 4. The quantitative estimate of drug-likeness (QED) is 0.814. The lowest BCUT2D eigenvalue weighted by Crippen LogP contribution is -2.53. The van der Waals surface area contributed by atoms with E-state index in [1.54, 1.807) is 9.80 Å². The molecule has 0 aromatic heterocycles. The molecule has 1 aromatic rings. The van der Waals surface area contributed by atoms with Gasteiger partial charge in [0, 0.05) is 37.0 Å². The minimum atomic E-state index is -0.0476.